The van der Waals surface area contributed by atoms with E-state index in [0.717, 1.165) is 10.9 Å². The second-order valence-electron chi connectivity index (χ2n) is 3.75. The summed E-state index contributed by atoms with van der Waals surface area (Å²) in [6.07, 6.45) is 0.931. The Kier molecular flexibility index (Phi) is 3.10. The Morgan fingerprint density at radius 2 is 2.13 bits per heavy atom. The highest BCUT2D eigenvalue weighted by molar-refractivity contribution is 9.10. The summed E-state index contributed by atoms with van der Waals surface area (Å²) >= 11 is 3.39. The van der Waals surface area contributed by atoms with Gasteiger partial charge in [0.15, 0.2) is 0 Å². The van der Waals surface area contributed by atoms with E-state index in [9.17, 15) is 4.79 Å². The average molecular weight is 269 g/mol. The van der Waals surface area contributed by atoms with Gasteiger partial charge in [-0.15, -0.1) is 0 Å². The monoisotopic (exact) mass is 268 g/mol. The van der Waals surface area contributed by atoms with E-state index in [4.69, 9.17) is 4.74 Å². The zero-order chi connectivity index (χ0) is 10.8. The molecule has 15 heavy (non-hydrogen) atoms. The first-order valence-electron chi connectivity index (χ1n) is 5.14. The van der Waals surface area contributed by atoms with Crippen molar-refractivity contribution in [3.63, 3.8) is 0 Å². The number of ether oxygens (including phenoxy) is 1. The molecule has 1 fully saturated rings. The fourth-order valence-corrected chi connectivity index (χ4v) is 2.05. The first kappa shape index (κ1) is 10.7. The van der Waals surface area contributed by atoms with Crippen LogP contribution in [0.15, 0.2) is 28.7 Å². The number of halogens is 1. The van der Waals surface area contributed by atoms with E-state index in [1.807, 2.05) is 19.1 Å². The molecule has 0 radical (unpaired) electrons. The summed E-state index contributed by atoms with van der Waals surface area (Å²) in [6.45, 7) is 2.32. The highest BCUT2D eigenvalue weighted by Gasteiger charge is 2.44. The van der Waals surface area contributed by atoms with E-state index in [2.05, 4.69) is 28.1 Å². The largest absolute Gasteiger partial charge is 0.466 e. The van der Waals surface area contributed by atoms with Gasteiger partial charge in [-0.2, -0.15) is 0 Å². The summed E-state index contributed by atoms with van der Waals surface area (Å²) in [7, 11) is 0. The summed E-state index contributed by atoms with van der Waals surface area (Å²) in [5, 5.41) is 0. The van der Waals surface area contributed by atoms with Crippen LogP contribution < -0.4 is 0 Å². The number of carbonyl (C=O) groups is 1. The second-order valence-corrected chi connectivity index (χ2v) is 4.67. The molecule has 0 N–H and O–H groups in total. The maximum atomic E-state index is 11.4. The molecule has 2 nitrogen and oxygen atoms in total. The molecule has 0 spiro atoms. The van der Waals surface area contributed by atoms with Crippen LogP contribution in [0.2, 0.25) is 0 Å². The maximum absolute atomic E-state index is 11.4. The molecule has 0 bridgehead atoms. The van der Waals surface area contributed by atoms with Gasteiger partial charge in [0.05, 0.1) is 12.5 Å². The van der Waals surface area contributed by atoms with Crippen LogP contribution >= 0.6 is 15.9 Å². The Bertz CT molecular complexity index is 358. The zero-order valence-electron chi connectivity index (χ0n) is 8.57. The third kappa shape index (κ3) is 2.40. The van der Waals surface area contributed by atoms with Crippen LogP contribution in [-0.4, -0.2) is 12.6 Å². The lowest BCUT2D eigenvalue weighted by Gasteiger charge is -2.01. The van der Waals surface area contributed by atoms with Gasteiger partial charge in [-0.05, 0) is 37.0 Å². The van der Waals surface area contributed by atoms with E-state index in [1.54, 1.807) is 0 Å². The number of rotatable bonds is 3. The Morgan fingerprint density at radius 3 is 2.73 bits per heavy atom. The van der Waals surface area contributed by atoms with Gasteiger partial charge >= 0.3 is 5.97 Å². The van der Waals surface area contributed by atoms with Crippen molar-refractivity contribution in [2.75, 3.05) is 6.61 Å². The van der Waals surface area contributed by atoms with Crippen LogP contribution in [0.4, 0.5) is 0 Å². The van der Waals surface area contributed by atoms with Gasteiger partial charge in [-0.3, -0.25) is 4.79 Å². The normalized spacial score (nSPS) is 23.6. The first-order valence-corrected chi connectivity index (χ1v) is 5.93. The highest BCUT2D eigenvalue weighted by atomic mass is 79.9. The fraction of sp³-hybridized carbons (Fsp3) is 0.417. The molecular formula is C12H13BrO2. The van der Waals surface area contributed by atoms with Gasteiger partial charge in [0, 0.05) is 4.47 Å². The van der Waals surface area contributed by atoms with Crippen molar-refractivity contribution >= 4 is 21.9 Å². The van der Waals surface area contributed by atoms with Crippen LogP contribution in [0, 0.1) is 5.92 Å². The standard InChI is InChI=1S/C12H13BrO2/c1-2-15-12(14)11-7-10(11)8-3-5-9(13)6-4-8/h3-6,10-11H,2,7H2,1H3/t10?,11-/m0/s1. The van der Waals surface area contributed by atoms with Crippen molar-refractivity contribution in [2.45, 2.75) is 19.3 Å². The number of benzene rings is 1. The quantitative estimate of drug-likeness (QED) is 0.788. The molecule has 1 saturated carbocycles. The van der Waals surface area contributed by atoms with Crippen LogP contribution in [-0.2, 0) is 9.53 Å². The number of hydrogen-bond donors (Lipinski definition) is 0. The molecule has 2 rings (SSSR count). The van der Waals surface area contributed by atoms with Gasteiger partial charge in [0.1, 0.15) is 0 Å². The van der Waals surface area contributed by atoms with Crippen LogP contribution in [0.25, 0.3) is 0 Å². The van der Waals surface area contributed by atoms with Gasteiger partial charge in [0.25, 0.3) is 0 Å². The lowest BCUT2D eigenvalue weighted by Crippen LogP contribution is -2.07. The summed E-state index contributed by atoms with van der Waals surface area (Å²) in [4.78, 5) is 11.4. The summed E-state index contributed by atoms with van der Waals surface area (Å²) in [5.41, 5.74) is 1.23. The van der Waals surface area contributed by atoms with Crippen molar-refractivity contribution in [2.24, 2.45) is 5.92 Å². The molecule has 0 saturated heterocycles. The molecule has 0 heterocycles. The Labute approximate surface area is 97.8 Å². The van der Waals surface area contributed by atoms with Gasteiger partial charge in [0.2, 0.25) is 0 Å². The first-order chi connectivity index (χ1) is 7.22. The molecule has 1 unspecified atom stereocenters. The highest BCUT2D eigenvalue weighted by Crippen LogP contribution is 2.48. The fourth-order valence-electron chi connectivity index (χ4n) is 1.78. The van der Waals surface area contributed by atoms with Gasteiger partial charge in [-0.1, -0.05) is 28.1 Å². The molecule has 1 aliphatic rings. The minimum absolute atomic E-state index is 0.0505. The van der Waals surface area contributed by atoms with E-state index in [0.29, 0.717) is 12.5 Å². The Morgan fingerprint density at radius 1 is 1.47 bits per heavy atom. The smallest absolute Gasteiger partial charge is 0.309 e. The third-order valence-corrected chi connectivity index (χ3v) is 3.21. The lowest BCUT2D eigenvalue weighted by molar-refractivity contribution is -0.144. The third-order valence-electron chi connectivity index (χ3n) is 2.68. The lowest BCUT2D eigenvalue weighted by atomic mass is 10.1. The topological polar surface area (TPSA) is 26.3 Å². The molecule has 1 aromatic carbocycles. The number of esters is 1. The van der Waals surface area contributed by atoms with Crippen molar-refractivity contribution in [3.05, 3.63) is 34.3 Å². The van der Waals surface area contributed by atoms with Crippen LogP contribution in [0.5, 0.6) is 0 Å². The molecular weight excluding hydrogens is 256 g/mol. The van der Waals surface area contributed by atoms with Crippen molar-refractivity contribution < 1.29 is 9.53 Å². The van der Waals surface area contributed by atoms with Gasteiger partial charge in [-0.25, -0.2) is 0 Å². The van der Waals surface area contributed by atoms with Gasteiger partial charge < -0.3 is 4.74 Å². The minimum Gasteiger partial charge on any atom is -0.466 e. The van der Waals surface area contributed by atoms with Crippen LogP contribution in [0.1, 0.15) is 24.8 Å². The SMILES string of the molecule is CCOC(=O)[C@H]1CC1c1ccc(Br)cc1. The van der Waals surface area contributed by atoms with E-state index in [1.165, 1.54) is 5.56 Å². The summed E-state index contributed by atoms with van der Waals surface area (Å²) in [6, 6.07) is 8.15. The molecule has 1 aromatic rings. The van der Waals surface area contributed by atoms with E-state index >= 15 is 0 Å². The van der Waals surface area contributed by atoms with Crippen molar-refractivity contribution in [1.82, 2.24) is 0 Å². The average Bonchev–Trinajstić information content (AvgIpc) is 2.99. The molecule has 80 valence electrons. The summed E-state index contributed by atoms with van der Waals surface area (Å²) in [5.74, 6) is 0.411. The molecule has 1 aliphatic carbocycles. The predicted molar refractivity (Wildman–Crippen MR) is 61.6 cm³/mol. The maximum Gasteiger partial charge on any atom is 0.309 e. The van der Waals surface area contributed by atoms with E-state index < -0.39 is 0 Å². The molecule has 0 aromatic heterocycles. The number of hydrogen-bond acceptors (Lipinski definition) is 2. The van der Waals surface area contributed by atoms with Crippen LogP contribution in [0.3, 0.4) is 0 Å². The molecule has 2 atom stereocenters. The van der Waals surface area contributed by atoms with Crippen molar-refractivity contribution in [3.8, 4) is 0 Å². The van der Waals surface area contributed by atoms with E-state index in [-0.39, 0.29) is 11.9 Å². The van der Waals surface area contributed by atoms with Crippen molar-refractivity contribution in [1.29, 1.82) is 0 Å². The molecule has 3 heteroatoms. The Balaban J connectivity index is 1.98. The zero-order valence-corrected chi connectivity index (χ0v) is 10.2. The number of carbonyl (C=O) groups excluding carboxylic acids is 1. The minimum atomic E-state index is -0.0505. The Hall–Kier alpha value is -0.830. The second kappa shape index (κ2) is 4.35. The molecule has 0 aliphatic heterocycles. The molecule has 0 amide bonds. The predicted octanol–water partition coefficient (Wildman–Crippen LogP) is 3.12. The summed E-state index contributed by atoms with van der Waals surface area (Å²) < 4.78 is 6.06.